The van der Waals surface area contributed by atoms with E-state index in [1.165, 1.54) is 6.07 Å². The lowest BCUT2D eigenvalue weighted by molar-refractivity contribution is 0.0614. The van der Waals surface area contributed by atoms with Crippen LogP contribution in [-0.4, -0.2) is 86.0 Å². The predicted molar refractivity (Wildman–Crippen MR) is 110 cm³/mol. The summed E-state index contributed by atoms with van der Waals surface area (Å²) in [5, 5.41) is 9.02. The van der Waals surface area contributed by atoms with Crippen LogP contribution >= 0.6 is 12.4 Å². The van der Waals surface area contributed by atoms with Crippen LogP contribution in [-0.2, 0) is 10.0 Å². The van der Waals surface area contributed by atoms with Gasteiger partial charge in [-0.1, -0.05) is 18.9 Å². The average molecular weight is 432 g/mol. The second kappa shape index (κ2) is 10.5. The van der Waals surface area contributed by atoms with Gasteiger partial charge in [0, 0.05) is 51.4 Å². The summed E-state index contributed by atoms with van der Waals surface area (Å²) < 4.78 is 27.5. The molecule has 1 amide bonds. The highest BCUT2D eigenvalue weighted by Crippen LogP contribution is 2.22. The number of rotatable bonds is 5. The van der Waals surface area contributed by atoms with E-state index in [-0.39, 0.29) is 29.8 Å². The highest BCUT2D eigenvalue weighted by Gasteiger charge is 2.27. The summed E-state index contributed by atoms with van der Waals surface area (Å²) in [6.07, 6.45) is 3.89. The fraction of sp³-hybridized carbons (Fsp3) is 0.632. The van der Waals surface area contributed by atoms with Crippen molar-refractivity contribution in [3.8, 4) is 0 Å². The third-order valence-electron chi connectivity index (χ3n) is 5.36. The van der Waals surface area contributed by atoms with Crippen LogP contribution in [0.5, 0.6) is 0 Å². The van der Waals surface area contributed by atoms with E-state index in [9.17, 15) is 13.2 Å². The highest BCUT2D eigenvalue weighted by atomic mass is 35.5. The number of benzene rings is 1. The summed E-state index contributed by atoms with van der Waals surface area (Å²) in [5.74, 6) is -0.133. The summed E-state index contributed by atoms with van der Waals surface area (Å²) in [7, 11) is -3.56. The molecule has 3 rings (SSSR count). The number of sulfonamides is 1. The molecular formula is C19H30ClN3O4S. The Bertz CT molecular complexity index is 743. The number of piperazine rings is 1. The maximum Gasteiger partial charge on any atom is 0.253 e. The highest BCUT2D eigenvalue weighted by molar-refractivity contribution is 7.89. The molecule has 9 heteroatoms. The van der Waals surface area contributed by atoms with Crippen molar-refractivity contribution in [1.29, 1.82) is 0 Å². The molecule has 1 aromatic rings. The number of aliphatic hydroxyl groups is 1. The number of aliphatic hydroxyl groups excluding tert-OH is 1. The second-order valence-electron chi connectivity index (χ2n) is 7.20. The van der Waals surface area contributed by atoms with Crippen LogP contribution in [0.1, 0.15) is 36.0 Å². The van der Waals surface area contributed by atoms with Gasteiger partial charge in [0.25, 0.3) is 5.91 Å². The molecule has 2 fully saturated rings. The van der Waals surface area contributed by atoms with Crippen molar-refractivity contribution in [2.75, 3.05) is 52.4 Å². The molecule has 0 aliphatic carbocycles. The first-order valence-electron chi connectivity index (χ1n) is 9.75. The molecule has 2 aliphatic heterocycles. The molecule has 0 atom stereocenters. The Morgan fingerprint density at radius 1 is 0.964 bits per heavy atom. The molecule has 0 unspecified atom stereocenters. The van der Waals surface area contributed by atoms with E-state index >= 15 is 0 Å². The lowest BCUT2D eigenvalue weighted by Crippen LogP contribution is -2.49. The van der Waals surface area contributed by atoms with Gasteiger partial charge in [-0.05, 0) is 31.0 Å². The van der Waals surface area contributed by atoms with E-state index in [1.54, 1.807) is 27.4 Å². The first-order chi connectivity index (χ1) is 13.0. The van der Waals surface area contributed by atoms with Gasteiger partial charge in [0.1, 0.15) is 0 Å². The van der Waals surface area contributed by atoms with E-state index in [2.05, 4.69) is 4.90 Å². The number of carbonyl (C=O) groups is 1. The van der Waals surface area contributed by atoms with Crippen molar-refractivity contribution in [2.24, 2.45) is 0 Å². The van der Waals surface area contributed by atoms with Crippen LogP contribution in [0.4, 0.5) is 0 Å². The quantitative estimate of drug-likeness (QED) is 0.762. The molecular weight excluding hydrogens is 402 g/mol. The summed E-state index contributed by atoms with van der Waals surface area (Å²) in [5.41, 5.74) is 0.418. The molecule has 7 nitrogen and oxygen atoms in total. The minimum absolute atomic E-state index is 0. The Kier molecular flexibility index (Phi) is 8.70. The maximum atomic E-state index is 13.0. The zero-order valence-corrected chi connectivity index (χ0v) is 17.8. The predicted octanol–water partition coefficient (Wildman–Crippen LogP) is 1.42. The third-order valence-corrected chi connectivity index (χ3v) is 7.25. The van der Waals surface area contributed by atoms with Gasteiger partial charge in [-0.25, -0.2) is 8.42 Å². The molecule has 1 N–H and O–H groups in total. The van der Waals surface area contributed by atoms with Gasteiger partial charge < -0.3 is 10.0 Å². The van der Waals surface area contributed by atoms with Crippen LogP contribution in [0.25, 0.3) is 0 Å². The smallest absolute Gasteiger partial charge is 0.253 e. The normalized spacial score (nSPS) is 19.7. The maximum absolute atomic E-state index is 13.0. The summed E-state index contributed by atoms with van der Waals surface area (Å²) in [4.78, 5) is 16.9. The van der Waals surface area contributed by atoms with Gasteiger partial charge in [-0.15, -0.1) is 12.4 Å². The molecule has 28 heavy (non-hydrogen) atoms. The zero-order valence-electron chi connectivity index (χ0n) is 16.1. The Morgan fingerprint density at radius 3 is 2.21 bits per heavy atom. The van der Waals surface area contributed by atoms with Crippen LogP contribution in [0.3, 0.4) is 0 Å². The summed E-state index contributed by atoms with van der Waals surface area (Å²) in [6, 6.07) is 6.43. The lowest BCUT2D eigenvalue weighted by Gasteiger charge is -2.34. The van der Waals surface area contributed by atoms with Crippen molar-refractivity contribution in [3.05, 3.63) is 29.8 Å². The molecule has 1 aromatic carbocycles. The van der Waals surface area contributed by atoms with Crippen LogP contribution in [0, 0.1) is 0 Å². The number of carbonyl (C=O) groups excluding carboxylic acids is 1. The topological polar surface area (TPSA) is 81.2 Å². The molecule has 0 bridgehead atoms. The van der Waals surface area contributed by atoms with Crippen LogP contribution in [0.15, 0.2) is 29.2 Å². The van der Waals surface area contributed by atoms with Gasteiger partial charge in [-0.2, -0.15) is 4.31 Å². The average Bonchev–Trinajstić information content (AvgIpc) is 2.98. The number of β-amino-alcohol motifs (C(OH)–C–C–N with tert-alkyl or cyclic N) is 1. The standard InChI is InChI=1S/C19H29N3O4S.ClH/c23-15-14-20-10-12-21(13-11-20)19(24)17-6-5-7-18(16-17)27(25,26)22-8-3-1-2-4-9-22;/h5-7,16,23H,1-4,8-15H2;1H. The summed E-state index contributed by atoms with van der Waals surface area (Å²) in [6.45, 7) is 4.44. The molecule has 2 heterocycles. The summed E-state index contributed by atoms with van der Waals surface area (Å²) >= 11 is 0. The van der Waals surface area contributed by atoms with Gasteiger partial charge in [-0.3, -0.25) is 9.69 Å². The number of amides is 1. The minimum atomic E-state index is -3.56. The molecule has 0 radical (unpaired) electrons. The van der Waals surface area contributed by atoms with Crippen molar-refractivity contribution in [2.45, 2.75) is 30.6 Å². The molecule has 0 saturated carbocycles. The molecule has 0 spiro atoms. The largest absolute Gasteiger partial charge is 0.395 e. The Balaban J connectivity index is 0.00000280. The number of hydrogen-bond donors (Lipinski definition) is 1. The van der Waals surface area contributed by atoms with Gasteiger partial charge >= 0.3 is 0 Å². The Morgan fingerprint density at radius 2 is 1.61 bits per heavy atom. The van der Waals surface area contributed by atoms with E-state index < -0.39 is 10.0 Å². The number of halogens is 1. The van der Waals surface area contributed by atoms with E-state index in [4.69, 9.17) is 5.11 Å². The lowest BCUT2D eigenvalue weighted by atomic mass is 10.2. The van der Waals surface area contributed by atoms with Crippen molar-refractivity contribution in [3.63, 3.8) is 0 Å². The van der Waals surface area contributed by atoms with Gasteiger partial charge in [0.05, 0.1) is 11.5 Å². The first-order valence-corrected chi connectivity index (χ1v) is 11.2. The second-order valence-corrected chi connectivity index (χ2v) is 9.14. The fourth-order valence-electron chi connectivity index (χ4n) is 3.72. The van der Waals surface area contributed by atoms with E-state index in [1.807, 2.05) is 0 Å². The first kappa shape index (κ1) is 23.1. The van der Waals surface area contributed by atoms with Crippen LogP contribution < -0.4 is 0 Å². The zero-order chi connectivity index (χ0) is 19.3. The van der Waals surface area contributed by atoms with E-state index in [0.29, 0.717) is 38.3 Å². The third kappa shape index (κ3) is 5.45. The number of nitrogens with zero attached hydrogens (tertiary/aromatic N) is 3. The number of hydrogen-bond acceptors (Lipinski definition) is 5. The van der Waals surface area contributed by atoms with E-state index in [0.717, 1.165) is 38.8 Å². The Hall–Kier alpha value is -1.19. The van der Waals surface area contributed by atoms with Crippen LogP contribution in [0.2, 0.25) is 0 Å². The van der Waals surface area contributed by atoms with Gasteiger partial charge in [0.15, 0.2) is 0 Å². The monoisotopic (exact) mass is 431 g/mol. The van der Waals surface area contributed by atoms with Crippen molar-refractivity contribution in [1.82, 2.24) is 14.1 Å². The molecule has 158 valence electrons. The molecule has 0 aromatic heterocycles. The Labute approximate surface area is 173 Å². The minimum Gasteiger partial charge on any atom is -0.395 e. The fourth-order valence-corrected chi connectivity index (χ4v) is 5.28. The van der Waals surface area contributed by atoms with Crippen molar-refractivity contribution < 1.29 is 18.3 Å². The molecule has 2 saturated heterocycles. The molecule has 2 aliphatic rings. The van der Waals surface area contributed by atoms with Crippen molar-refractivity contribution >= 4 is 28.3 Å². The van der Waals surface area contributed by atoms with Gasteiger partial charge in [0.2, 0.25) is 10.0 Å². The SMILES string of the molecule is Cl.O=C(c1cccc(S(=O)(=O)N2CCCCCC2)c1)N1CCN(CCO)CC1.